The summed E-state index contributed by atoms with van der Waals surface area (Å²) in [6.07, 6.45) is 3.11. The summed E-state index contributed by atoms with van der Waals surface area (Å²) < 4.78 is 5.48. The summed E-state index contributed by atoms with van der Waals surface area (Å²) in [5, 5.41) is 3.92. The van der Waals surface area contributed by atoms with E-state index >= 15 is 0 Å². The average molecular weight is 262 g/mol. The molecule has 0 radical (unpaired) electrons. The minimum absolute atomic E-state index is 0.0610. The van der Waals surface area contributed by atoms with Gasteiger partial charge in [-0.25, -0.2) is 5.43 Å². The summed E-state index contributed by atoms with van der Waals surface area (Å²) in [5.74, 6) is 1.13. The van der Waals surface area contributed by atoms with Crippen LogP contribution in [0.1, 0.15) is 39.2 Å². The number of ether oxygens (including phenoxy) is 1. The smallest absolute Gasteiger partial charge is 0.240 e. The van der Waals surface area contributed by atoms with Gasteiger partial charge in [-0.1, -0.05) is 20.8 Å². The quantitative estimate of drug-likeness (QED) is 0.606. The molecule has 4 heteroatoms. The van der Waals surface area contributed by atoms with Crippen molar-refractivity contribution in [3.05, 3.63) is 29.8 Å². The fourth-order valence-electron chi connectivity index (χ4n) is 1.47. The number of hydrazone groups is 1. The van der Waals surface area contributed by atoms with E-state index in [0.717, 1.165) is 24.3 Å². The van der Waals surface area contributed by atoms with Crippen molar-refractivity contribution in [2.45, 2.75) is 33.6 Å². The molecule has 1 aromatic rings. The Hall–Kier alpha value is -1.84. The summed E-state index contributed by atoms with van der Waals surface area (Å²) in [5.41, 5.74) is 3.44. The van der Waals surface area contributed by atoms with Crippen LogP contribution in [0.15, 0.2) is 29.4 Å². The maximum atomic E-state index is 11.4. The van der Waals surface area contributed by atoms with E-state index in [0.29, 0.717) is 12.3 Å². The van der Waals surface area contributed by atoms with Crippen molar-refractivity contribution in [3.8, 4) is 5.75 Å². The van der Waals surface area contributed by atoms with Crippen molar-refractivity contribution in [2.75, 3.05) is 6.61 Å². The van der Waals surface area contributed by atoms with Crippen LogP contribution in [0.4, 0.5) is 0 Å². The van der Waals surface area contributed by atoms with Crippen LogP contribution in [-0.4, -0.2) is 18.7 Å². The van der Waals surface area contributed by atoms with Gasteiger partial charge in [0.15, 0.2) is 0 Å². The third-order valence-corrected chi connectivity index (χ3v) is 2.35. The summed E-state index contributed by atoms with van der Waals surface area (Å²) in [4.78, 5) is 11.4. The number of hydrogen-bond acceptors (Lipinski definition) is 3. The lowest BCUT2D eigenvalue weighted by atomic mass is 10.1. The number of carbonyl (C=O) groups is 1. The predicted molar refractivity (Wildman–Crippen MR) is 77.4 cm³/mol. The standard InChI is InChI=1S/C15H22N2O2/c1-4-9-19-14-7-5-13(6-8-14)11-16-17-15(18)10-12(2)3/h5-8,11-12H,4,9-10H2,1-3H3,(H,17,18)/b16-11+. The van der Waals surface area contributed by atoms with Crippen molar-refractivity contribution in [1.29, 1.82) is 0 Å². The Morgan fingerprint density at radius 3 is 2.63 bits per heavy atom. The van der Waals surface area contributed by atoms with Gasteiger partial charge in [0.05, 0.1) is 12.8 Å². The maximum Gasteiger partial charge on any atom is 0.240 e. The van der Waals surface area contributed by atoms with Gasteiger partial charge in [0.2, 0.25) is 5.91 Å². The van der Waals surface area contributed by atoms with Crippen LogP contribution in [0.2, 0.25) is 0 Å². The lowest BCUT2D eigenvalue weighted by Gasteiger charge is -2.04. The monoisotopic (exact) mass is 262 g/mol. The number of amides is 1. The van der Waals surface area contributed by atoms with Crippen LogP contribution < -0.4 is 10.2 Å². The zero-order chi connectivity index (χ0) is 14.1. The number of nitrogens with one attached hydrogen (secondary N) is 1. The van der Waals surface area contributed by atoms with Gasteiger partial charge < -0.3 is 4.74 Å². The van der Waals surface area contributed by atoms with E-state index in [1.807, 2.05) is 38.1 Å². The molecule has 0 aromatic heterocycles. The van der Waals surface area contributed by atoms with Gasteiger partial charge in [-0.3, -0.25) is 4.79 Å². The summed E-state index contributed by atoms with van der Waals surface area (Å²) >= 11 is 0. The van der Waals surface area contributed by atoms with E-state index in [-0.39, 0.29) is 5.91 Å². The van der Waals surface area contributed by atoms with Gasteiger partial charge in [-0.2, -0.15) is 5.10 Å². The van der Waals surface area contributed by atoms with Crippen LogP contribution in [0.25, 0.3) is 0 Å². The Balaban J connectivity index is 2.42. The molecule has 4 nitrogen and oxygen atoms in total. The third-order valence-electron chi connectivity index (χ3n) is 2.35. The van der Waals surface area contributed by atoms with E-state index in [9.17, 15) is 4.79 Å². The normalized spacial score (nSPS) is 10.9. The first-order valence-corrected chi connectivity index (χ1v) is 6.66. The largest absolute Gasteiger partial charge is 0.494 e. The first-order chi connectivity index (χ1) is 9.11. The second kappa shape index (κ2) is 8.29. The molecule has 0 unspecified atom stereocenters. The molecule has 0 spiro atoms. The number of carbonyl (C=O) groups excluding carboxylic acids is 1. The van der Waals surface area contributed by atoms with E-state index in [2.05, 4.69) is 17.5 Å². The Morgan fingerprint density at radius 1 is 1.37 bits per heavy atom. The maximum absolute atomic E-state index is 11.4. The van der Waals surface area contributed by atoms with E-state index in [1.54, 1.807) is 6.21 Å². The second-order valence-corrected chi connectivity index (χ2v) is 4.81. The summed E-state index contributed by atoms with van der Waals surface area (Å²) in [7, 11) is 0. The SMILES string of the molecule is CCCOc1ccc(/C=N/NC(=O)CC(C)C)cc1. The Morgan fingerprint density at radius 2 is 2.05 bits per heavy atom. The van der Waals surface area contributed by atoms with Crippen molar-refractivity contribution in [1.82, 2.24) is 5.43 Å². The number of rotatable bonds is 7. The van der Waals surface area contributed by atoms with Gasteiger partial charge in [0, 0.05) is 6.42 Å². The van der Waals surface area contributed by atoms with Crippen LogP contribution in [0, 0.1) is 5.92 Å². The van der Waals surface area contributed by atoms with E-state index in [4.69, 9.17) is 4.74 Å². The van der Waals surface area contributed by atoms with Crippen molar-refractivity contribution in [2.24, 2.45) is 11.0 Å². The summed E-state index contributed by atoms with van der Waals surface area (Å²) in [6, 6.07) is 7.60. The number of benzene rings is 1. The predicted octanol–water partition coefficient (Wildman–Crippen LogP) is 2.97. The highest BCUT2D eigenvalue weighted by Crippen LogP contribution is 2.11. The molecule has 0 fully saturated rings. The molecule has 0 heterocycles. The molecule has 19 heavy (non-hydrogen) atoms. The minimum Gasteiger partial charge on any atom is -0.494 e. The molecule has 0 aliphatic heterocycles. The Bertz CT molecular complexity index is 411. The van der Waals surface area contributed by atoms with Crippen LogP contribution in [0.5, 0.6) is 5.75 Å². The van der Waals surface area contributed by atoms with Crippen LogP contribution in [0.3, 0.4) is 0 Å². The Kier molecular flexibility index (Phi) is 6.64. The zero-order valence-electron chi connectivity index (χ0n) is 11.8. The lowest BCUT2D eigenvalue weighted by molar-refractivity contribution is -0.121. The molecule has 0 saturated heterocycles. The van der Waals surface area contributed by atoms with Crippen molar-refractivity contribution < 1.29 is 9.53 Å². The molecule has 104 valence electrons. The molecule has 0 atom stereocenters. The first kappa shape index (κ1) is 15.2. The lowest BCUT2D eigenvalue weighted by Crippen LogP contribution is -2.19. The van der Waals surface area contributed by atoms with Gasteiger partial charge in [0.1, 0.15) is 5.75 Å². The van der Waals surface area contributed by atoms with Crippen LogP contribution in [-0.2, 0) is 4.79 Å². The molecule has 1 N–H and O–H groups in total. The van der Waals surface area contributed by atoms with Crippen molar-refractivity contribution >= 4 is 12.1 Å². The van der Waals surface area contributed by atoms with Gasteiger partial charge in [0.25, 0.3) is 0 Å². The Labute approximate surface area is 114 Å². The molecule has 1 rings (SSSR count). The minimum atomic E-state index is -0.0610. The second-order valence-electron chi connectivity index (χ2n) is 4.81. The molecule has 0 aliphatic carbocycles. The highest BCUT2D eigenvalue weighted by Gasteiger charge is 2.02. The number of nitrogens with zero attached hydrogens (tertiary/aromatic N) is 1. The zero-order valence-corrected chi connectivity index (χ0v) is 11.8. The molecular weight excluding hydrogens is 240 g/mol. The summed E-state index contributed by atoms with van der Waals surface area (Å²) in [6.45, 7) is 6.79. The van der Waals surface area contributed by atoms with E-state index in [1.165, 1.54) is 0 Å². The molecule has 0 bridgehead atoms. The van der Waals surface area contributed by atoms with Gasteiger partial charge >= 0.3 is 0 Å². The highest BCUT2D eigenvalue weighted by atomic mass is 16.5. The number of hydrogen-bond donors (Lipinski definition) is 1. The van der Waals surface area contributed by atoms with E-state index < -0.39 is 0 Å². The third kappa shape index (κ3) is 6.60. The molecule has 0 aliphatic rings. The fraction of sp³-hybridized carbons (Fsp3) is 0.467. The average Bonchev–Trinajstić information content (AvgIpc) is 2.37. The molecule has 1 aromatic carbocycles. The topological polar surface area (TPSA) is 50.7 Å². The van der Waals surface area contributed by atoms with Crippen LogP contribution >= 0.6 is 0 Å². The molecule has 0 saturated carbocycles. The van der Waals surface area contributed by atoms with Gasteiger partial charge in [-0.15, -0.1) is 0 Å². The van der Waals surface area contributed by atoms with Crippen molar-refractivity contribution in [3.63, 3.8) is 0 Å². The first-order valence-electron chi connectivity index (χ1n) is 6.66. The van der Waals surface area contributed by atoms with Gasteiger partial charge in [-0.05, 0) is 42.2 Å². The fourth-order valence-corrected chi connectivity index (χ4v) is 1.47. The highest BCUT2D eigenvalue weighted by molar-refractivity contribution is 5.82. The molecular formula is C15H22N2O2. The molecule has 1 amide bonds.